The third-order valence-corrected chi connectivity index (χ3v) is 2.77. The third-order valence-electron chi connectivity index (χ3n) is 2.77. The zero-order valence-electron chi connectivity index (χ0n) is 9.00. The van der Waals surface area contributed by atoms with Gasteiger partial charge in [-0.2, -0.15) is 0 Å². The Balaban J connectivity index is 2.57. The Bertz CT molecular complexity index is 377. The van der Waals surface area contributed by atoms with Gasteiger partial charge in [0.1, 0.15) is 0 Å². The van der Waals surface area contributed by atoms with Crippen LogP contribution >= 0.6 is 0 Å². The number of nitrogens with zero attached hydrogens (tertiary/aromatic N) is 2. The van der Waals surface area contributed by atoms with E-state index in [0.717, 1.165) is 24.1 Å². The number of fused-ring (bicyclic) bond motifs is 1. The van der Waals surface area contributed by atoms with Gasteiger partial charge in [0.05, 0.1) is 5.69 Å². The van der Waals surface area contributed by atoms with Crippen LogP contribution in [0.25, 0.3) is 0 Å². The molecule has 0 fully saturated rings. The lowest BCUT2D eigenvalue weighted by molar-refractivity contribution is 0.0972. The molecule has 0 N–H and O–H groups in total. The largest absolute Gasteiger partial charge is 0.319 e. The summed E-state index contributed by atoms with van der Waals surface area (Å²) < 4.78 is 2.13. The van der Waals surface area contributed by atoms with Crippen molar-refractivity contribution in [3.05, 3.63) is 23.0 Å². The molecule has 0 aliphatic heterocycles. The van der Waals surface area contributed by atoms with Gasteiger partial charge in [-0.15, -0.1) is 0 Å². The molecular weight excluding hydrogens is 176 g/mol. The Hall–Kier alpha value is -1.25. The fourth-order valence-corrected chi connectivity index (χ4v) is 2.27. The van der Waals surface area contributed by atoms with Crippen molar-refractivity contribution in [3.63, 3.8) is 0 Å². The SMILES string of the molecule is Cc1cc2c(n1N(C)C)CCCC2=O. The molecule has 0 spiro atoms. The van der Waals surface area contributed by atoms with E-state index in [0.29, 0.717) is 12.2 Å². The monoisotopic (exact) mass is 192 g/mol. The predicted octanol–water partition coefficient (Wildman–Crippen LogP) is 1.51. The summed E-state index contributed by atoms with van der Waals surface area (Å²) in [5.74, 6) is 0.301. The first-order chi connectivity index (χ1) is 6.61. The summed E-state index contributed by atoms with van der Waals surface area (Å²) in [4.78, 5) is 11.6. The van der Waals surface area contributed by atoms with Gasteiger partial charge in [-0.25, -0.2) is 0 Å². The molecule has 1 heterocycles. The van der Waals surface area contributed by atoms with Gasteiger partial charge in [0.2, 0.25) is 0 Å². The molecule has 0 bridgehead atoms. The second-order valence-electron chi connectivity index (χ2n) is 4.08. The predicted molar refractivity (Wildman–Crippen MR) is 56.5 cm³/mol. The highest BCUT2D eigenvalue weighted by Crippen LogP contribution is 2.24. The first-order valence-corrected chi connectivity index (χ1v) is 5.03. The first-order valence-electron chi connectivity index (χ1n) is 5.03. The quantitative estimate of drug-likeness (QED) is 0.674. The van der Waals surface area contributed by atoms with Crippen molar-refractivity contribution in [2.45, 2.75) is 26.2 Å². The zero-order chi connectivity index (χ0) is 10.3. The lowest BCUT2D eigenvalue weighted by Crippen LogP contribution is -2.29. The summed E-state index contributed by atoms with van der Waals surface area (Å²) in [7, 11) is 4.01. The summed E-state index contributed by atoms with van der Waals surface area (Å²) >= 11 is 0. The van der Waals surface area contributed by atoms with Crippen LogP contribution in [-0.4, -0.2) is 24.6 Å². The van der Waals surface area contributed by atoms with Crippen molar-refractivity contribution in [2.24, 2.45) is 0 Å². The molecule has 0 radical (unpaired) electrons. The lowest BCUT2D eigenvalue weighted by Gasteiger charge is -2.22. The van der Waals surface area contributed by atoms with Gasteiger partial charge in [0.25, 0.3) is 0 Å². The standard InChI is InChI=1S/C11H16N2O/c1-8-7-9-10(13(8)12(2)3)5-4-6-11(9)14/h7H,4-6H2,1-3H3. The molecule has 3 heteroatoms. The maximum atomic E-state index is 11.6. The van der Waals surface area contributed by atoms with E-state index in [1.165, 1.54) is 5.69 Å². The molecule has 0 atom stereocenters. The van der Waals surface area contributed by atoms with E-state index in [-0.39, 0.29) is 0 Å². The number of Topliss-reactive ketones (excluding diaryl/α,β-unsaturated/α-hetero) is 1. The summed E-state index contributed by atoms with van der Waals surface area (Å²) in [6, 6.07) is 2.01. The highest BCUT2D eigenvalue weighted by Gasteiger charge is 2.23. The average Bonchev–Trinajstić information content (AvgIpc) is 2.42. The number of aromatic nitrogens is 1. The number of ketones is 1. The number of carbonyl (C=O) groups is 1. The van der Waals surface area contributed by atoms with E-state index < -0.39 is 0 Å². The van der Waals surface area contributed by atoms with Gasteiger partial charge in [0.15, 0.2) is 5.78 Å². The van der Waals surface area contributed by atoms with Crippen molar-refractivity contribution >= 4 is 5.78 Å². The number of hydrogen-bond acceptors (Lipinski definition) is 2. The Kier molecular flexibility index (Phi) is 2.10. The third kappa shape index (κ3) is 1.24. The number of carbonyl (C=O) groups excluding carboxylic acids is 1. The Labute approximate surface area is 84.3 Å². The molecule has 0 saturated carbocycles. The van der Waals surface area contributed by atoms with Gasteiger partial charge in [-0.1, -0.05) is 0 Å². The molecule has 3 nitrogen and oxygen atoms in total. The van der Waals surface area contributed by atoms with Gasteiger partial charge in [0, 0.05) is 31.8 Å². The maximum Gasteiger partial charge on any atom is 0.164 e. The van der Waals surface area contributed by atoms with E-state index in [1.54, 1.807) is 0 Å². The Morgan fingerprint density at radius 2 is 2.07 bits per heavy atom. The molecule has 0 aromatic carbocycles. The van der Waals surface area contributed by atoms with Crippen molar-refractivity contribution in [2.75, 3.05) is 19.1 Å². The van der Waals surface area contributed by atoms with Crippen molar-refractivity contribution < 1.29 is 4.79 Å². The van der Waals surface area contributed by atoms with Gasteiger partial charge in [-0.3, -0.25) is 9.47 Å². The van der Waals surface area contributed by atoms with Crippen LogP contribution in [0, 0.1) is 6.92 Å². The normalized spacial score (nSPS) is 15.5. The van der Waals surface area contributed by atoms with Crippen molar-refractivity contribution in [3.8, 4) is 0 Å². The van der Waals surface area contributed by atoms with Crippen LogP contribution in [0.1, 0.15) is 34.6 Å². The van der Waals surface area contributed by atoms with Gasteiger partial charge < -0.3 is 5.01 Å². The highest BCUT2D eigenvalue weighted by atomic mass is 16.1. The van der Waals surface area contributed by atoms with E-state index in [4.69, 9.17) is 0 Å². The van der Waals surface area contributed by atoms with E-state index in [1.807, 2.05) is 32.1 Å². The molecule has 0 amide bonds. The second kappa shape index (κ2) is 3.15. The van der Waals surface area contributed by atoms with E-state index in [2.05, 4.69) is 4.68 Å². The van der Waals surface area contributed by atoms with Crippen LogP contribution in [0.15, 0.2) is 6.07 Å². The minimum atomic E-state index is 0.301. The lowest BCUT2D eigenvalue weighted by atomic mass is 9.97. The molecule has 1 aliphatic rings. The molecule has 1 aliphatic carbocycles. The fraction of sp³-hybridized carbons (Fsp3) is 0.545. The molecular formula is C11H16N2O. The highest BCUT2D eigenvalue weighted by molar-refractivity contribution is 5.98. The molecule has 1 aromatic heterocycles. The Morgan fingerprint density at radius 3 is 2.71 bits per heavy atom. The number of aryl methyl sites for hydroxylation is 1. The van der Waals surface area contributed by atoms with Gasteiger partial charge in [-0.05, 0) is 25.8 Å². The van der Waals surface area contributed by atoms with Crippen LogP contribution in [0.2, 0.25) is 0 Å². The molecule has 76 valence electrons. The Morgan fingerprint density at radius 1 is 1.36 bits per heavy atom. The minimum Gasteiger partial charge on any atom is -0.319 e. The summed E-state index contributed by atoms with van der Waals surface area (Å²) in [5, 5.41) is 2.03. The molecule has 0 unspecified atom stereocenters. The molecule has 2 rings (SSSR count). The molecule has 14 heavy (non-hydrogen) atoms. The minimum absolute atomic E-state index is 0.301. The fourth-order valence-electron chi connectivity index (χ4n) is 2.27. The van der Waals surface area contributed by atoms with Crippen LogP contribution < -0.4 is 5.01 Å². The number of hydrogen-bond donors (Lipinski definition) is 0. The van der Waals surface area contributed by atoms with Gasteiger partial charge >= 0.3 is 0 Å². The average molecular weight is 192 g/mol. The smallest absolute Gasteiger partial charge is 0.164 e. The topological polar surface area (TPSA) is 25.2 Å². The van der Waals surface area contributed by atoms with E-state index in [9.17, 15) is 4.79 Å². The summed E-state index contributed by atoms with van der Waals surface area (Å²) in [5.41, 5.74) is 3.27. The van der Waals surface area contributed by atoms with Crippen LogP contribution in [0.4, 0.5) is 0 Å². The van der Waals surface area contributed by atoms with Crippen LogP contribution in [-0.2, 0) is 6.42 Å². The molecule has 1 aromatic rings. The molecule has 0 saturated heterocycles. The first kappa shape index (κ1) is 9.31. The van der Waals surface area contributed by atoms with Crippen LogP contribution in [0.5, 0.6) is 0 Å². The zero-order valence-corrected chi connectivity index (χ0v) is 9.00. The summed E-state index contributed by atoms with van der Waals surface area (Å²) in [6.07, 6.45) is 2.72. The van der Waals surface area contributed by atoms with E-state index >= 15 is 0 Å². The number of rotatable bonds is 1. The summed E-state index contributed by atoms with van der Waals surface area (Å²) in [6.45, 7) is 2.05. The van der Waals surface area contributed by atoms with Crippen molar-refractivity contribution in [1.82, 2.24) is 4.68 Å². The maximum absolute atomic E-state index is 11.6. The van der Waals surface area contributed by atoms with Crippen LogP contribution in [0.3, 0.4) is 0 Å². The van der Waals surface area contributed by atoms with Crippen molar-refractivity contribution in [1.29, 1.82) is 0 Å². The second-order valence-corrected chi connectivity index (χ2v) is 4.08.